The van der Waals surface area contributed by atoms with Crippen LogP contribution in [-0.2, 0) is 24.7 Å². The quantitative estimate of drug-likeness (QED) is 0.645. The predicted octanol–water partition coefficient (Wildman–Crippen LogP) is 3.18. The molecular formula is C19H17F3N4O2. The molecule has 0 saturated heterocycles. The Labute approximate surface area is 158 Å². The Bertz CT molecular complexity index is 1040. The van der Waals surface area contributed by atoms with Crippen molar-refractivity contribution in [1.29, 1.82) is 0 Å². The first kappa shape index (κ1) is 18.3. The molecule has 1 aliphatic rings. The van der Waals surface area contributed by atoms with Crippen molar-refractivity contribution in [3.63, 3.8) is 0 Å². The number of hydrogen-bond donors (Lipinski definition) is 0. The van der Waals surface area contributed by atoms with E-state index >= 15 is 0 Å². The van der Waals surface area contributed by atoms with E-state index in [0.717, 1.165) is 29.0 Å². The molecule has 0 radical (unpaired) electrons. The Morgan fingerprint density at radius 3 is 2.64 bits per heavy atom. The molecule has 0 spiro atoms. The van der Waals surface area contributed by atoms with Crippen molar-refractivity contribution >= 4 is 5.91 Å². The zero-order chi connectivity index (χ0) is 20.0. The fraction of sp³-hybridized carbons (Fsp3) is 0.316. The summed E-state index contributed by atoms with van der Waals surface area (Å²) in [5.41, 5.74) is 2.40. The number of halogens is 3. The van der Waals surface area contributed by atoms with Crippen LogP contribution in [0.25, 0.3) is 11.3 Å². The largest absolute Gasteiger partial charge is 0.356 e. The summed E-state index contributed by atoms with van der Waals surface area (Å²) >= 11 is 0. The Kier molecular flexibility index (Phi) is 4.44. The van der Waals surface area contributed by atoms with Gasteiger partial charge >= 0.3 is 0 Å². The highest BCUT2D eigenvalue weighted by Gasteiger charge is 2.34. The molecule has 1 aromatic carbocycles. The van der Waals surface area contributed by atoms with Gasteiger partial charge in [0.2, 0.25) is 5.91 Å². The number of fused-ring (bicyclic) bond motifs is 1. The van der Waals surface area contributed by atoms with Gasteiger partial charge in [-0.15, -0.1) is 0 Å². The summed E-state index contributed by atoms with van der Waals surface area (Å²) in [5, 5.41) is 8.24. The molecule has 4 rings (SSSR count). The van der Waals surface area contributed by atoms with Crippen LogP contribution in [0.4, 0.5) is 13.2 Å². The highest BCUT2D eigenvalue weighted by molar-refractivity contribution is 5.80. The Balaban J connectivity index is 1.60. The zero-order valence-electron chi connectivity index (χ0n) is 15.2. The summed E-state index contributed by atoms with van der Waals surface area (Å²) in [4.78, 5) is 14.4. The van der Waals surface area contributed by atoms with Crippen molar-refractivity contribution in [2.24, 2.45) is 7.05 Å². The van der Waals surface area contributed by atoms with Gasteiger partial charge in [0.1, 0.15) is 0 Å². The van der Waals surface area contributed by atoms with Crippen molar-refractivity contribution in [3.8, 4) is 11.3 Å². The molecular weight excluding hydrogens is 373 g/mol. The molecule has 28 heavy (non-hydrogen) atoms. The normalized spacial score (nSPS) is 16.3. The molecule has 1 atom stereocenters. The van der Waals surface area contributed by atoms with Crippen LogP contribution in [0, 0.1) is 17.5 Å². The molecule has 1 aliphatic heterocycles. The van der Waals surface area contributed by atoms with Gasteiger partial charge in [-0.05, 0) is 24.6 Å². The van der Waals surface area contributed by atoms with Gasteiger partial charge in [0.15, 0.2) is 23.2 Å². The molecule has 0 unspecified atom stereocenters. The molecule has 0 N–H and O–H groups in total. The number of aryl methyl sites for hydroxylation is 1. The van der Waals surface area contributed by atoms with Gasteiger partial charge in [0, 0.05) is 31.8 Å². The van der Waals surface area contributed by atoms with Crippen molar-refractivity contribution in [3.05, 3.63) is 58.8 Å². The van der Waals surface area contributed by atoms with E-state index in [9.17, 15) is 18.0 Å². The first-order chi connectivity index (χ1) is 13.3. The van der Waals surface area contributed by atoms with Crippen LogP contribution in [0.15, 0.2) is 29.0 Å². The summed E-state index contributed by atoms with van der Waals surface area (Å²) in [6, 6.07) is 1.35. The number of benzene rings is 1. The van der Waals surface area contributed by atoms with E-state index in [0.29, 0.717) is 18.7 Å². The van der Waals surface area contributed by atoms with Gasteiger partial charge in [0.25, 0.3) is 0 Å². The molecule has 2 aromatic heterocycles. The molecule has 0 fully saturated rings. The van der Waals surface area contributed by atoms with E-state index in [2.05, 4.69) is 10.3 Å². The minimum atomic E-state index is -1.54. The molecule has 1 amide bonds. The smallest absolute Gasteiger partial charge is 0.227 e. The molecule has 0 bridgehead atoms. The van der Waals surface area contributed by atoms with Crippen LogP contribution in [0.2, 0.25) is 0 Å². The molecule has 3 aromatic rings. The molecule has 3 heterocycles. The number of carbonyl (C=O) groups excluding carboxylic acids is 1. The lowest BCUT2D eigenvalue weighted by molar-refractivity contribution is -0.133. The van der Waals surface area contributed by atoms with E-state index in [1.807, 2.05) is 6.92 Å². The van der Waals surface area contributed by atoms with E-state index in [-0.39, 0.29) is 23.9 Å². The highest BCUT2D eigenvalue weighted by Crippen LogP contribution is 2.37. The van der Waals surface area contributed by atoms with Crippen LogP contribution in [-0.4, -0.2) is 32.3 Å². The third kappa shape index (κ3) is 3.06. The monoisotopic (exact) mass is 390 g/mol. The lowest BCUT2D eigenvalue weighted by Crippen LogP contribution is -2.39. The third-order valence-electron chi connectivity index (χ3n) is 4.96. The number of aromatic nitrogens is 3. The number of carbonyl (C=O) groups is 1. The summed E-state index contributed by atoms with van der Waals surface area (Å²) in [6.07, 6.45) is 3.71. The fourth-order valence-electron chi connectivity index (χ4n) is 3.59. The zero-order valence-corrected chi connectivity index (χ0v) is 15.2. The summed E-state index contributed by atoms with van der Waals surface area (Å²) < 4.78 is 47.1. The minimum absolute atomic E-state index is 0.0807. The lowest BCUT2D eigenvalue weighted by Gasteiger charge is -2.33. The highest BCUT2D eigenvalue weighted by atomic mass is 19.2. The number of hydrogen-bond acceptors (Lipinski definition) is 4. The van der Waals surface area contributed by atoms with Crippen molar-refractivity contribution in [2.75, 3.05) is 6.54 Å². The van der Waals surface area contributed by atoms with Gasteiger partial charge in [-0.3, -0.25) is 9.48 Å². The second-order valence-electron chi connectivity index (χ2n) is 6.84. The van der Waals surface area contributed by atoms with Crippen molar-refractivity contribution in [1.82, 2.24) is 19.8 Å². The number of amides is 1. The fourth-order valence-corrected chi connectivity index (χ4v) is 3.59. The maximum Gasteiger partial charge on any atom is 0.227 e. The standard InChI is InChI=1S/C19H17F3N4O2/c1-10-17-15(24-28-19(17)12-8-23-25(2)9-12)3-4-26(10)16(27)7-11-5-13(20)18(22)14(21)6-11/h5-6,8-10H,3-4,7H2,1-2H3/t10-/m0/s1. The third-order valence-corrected chi connectivity index (χ3v) is 4.96. The first-order valence-electron chi connectivity index (χ1n) is 8.75. The molecule has 9 heteroatoms. The molecule has 6 nitrogen and oxygen atoms in total. The summed E-state index contributed by atoms with van der Waals surface area (Å²) in [7, 11) is 1.78. The van der Waals surface area contributed by atoms with E-state index in [1.165, 1.54) is 0 Å². The van der Waals surface area contributed by atoms with Crippen LogP contribution in [0.5, 0.6) is 0 Å². The van der Waals surface area contributed by atoms with Crippen LogP contribution in [0.3, 0.4) is 0 Å². The second kappa shape index (κ2) is 6.81. The SMILES string of the molecule is C[C@H]1c2c(noc2-c2cnn(C)c2)CCN1C(=O)Cc1cc(F)c(F)c(F)c1. The molecule has 0 aliphatic carbocycles. The van der Waals surface area contributed by atoms with Gasteiger partial charge in [-0.2, -0.15) is 5.10 Å². The Morgan fingerprint density at radius 2 is 2.00 bits per heavy atom. The van der Waals surface area contributed by atoms with Gasteiger partial charge in [0.05, 0.1) is 29.9 Å². The molecule has 146 valence electrons. The van der Waals surface area contributed by atoms with Crippen molar-refractivity contribution in [2.45, 2.75) is 25.8 Å². The average molecular weight is 390 g/mol. The number of rotatable bonds is 3. The topological polar surface area (TPSA) is 64.2 Å². The summed E-state index contributed by atoms with van der Waals surface area (Å²) in [5.74, 6) is -3.93. The molecule has 0 saturated carbocycles. The lowest BCUT2D eigenvalue weighted by atomic mass is 9.95. The first-order valence-corrected chi connectivity index (χ1v) is 8.75. The second-order valence-corrected chi connectivity index (χ2v) is 6.84. The predicted molar refractivity (Wildman–Crippen MR) is 92.6 cm³/mol. The van der Waals surface area contributed by atoms with E-state index in [1.54, 1.807) is 29.0 Å². The minimum Gasteiger partial charge on any atom is -0.356 e. The van der Waals surface area contributed by atoms with E-state index < -0.39 is 17.5 Å². The Morgan fingerprint density at radius 1 is 1.29 bits per heavy atom. The van der Waals surface area contributed by atoms with Crippen LogP contribution >= 0.6 is 0 Å². The average Bonchev–Trinajstić information content (AvgIpc) is 3.26. The van der Waals surface area contributed by atoms with Gasteiger partial charge < -0.3 is 9.42 Å². The summed E-state index contributed by atoms with van der Waals surface area (Å²) in [6.45, 7) is 2.25. The van der Waals surface area contributed by atoms with Crippen molar-refractivity contribution < 1.29 is 22.5 Å². The van der Waals surface area contributed by atoms with Crippen LogP contribution in [0.1, 0.15) is 29.8 Å². The maximum absolute atomic E-state index is 13.4. The maximum atomic E-state index is 13.4. The van der Waals surface area contributed by atoms with E-state index in [4.69, 9.17) is 4.52 Å². The Hall–Kier alpha value is -3.10. The van der Waals surface area contributed by atoms with Crippen LogP contribution < -0.4 is 0 Å². The van der Waals surface area contributed by atoms with Gasteiger partial charge in [-0.1, -0.05) is 5.16 Å². The number of nitrogens with zero attached hydrogens (tertiary/aromatic N) is 4. The van der Waals surface area contributed by atoms with Gasteiger partial charge in [-0.25, -0.2) is 13.2 Å².